The second kappa shape index (κ2) is 9.51. The van der Waals surface area contributed by atoms with Gasteiger partial charge in [0, 0.05) is 22.9 Å². The van der Waals surface area contributed by atoms with Crippen molar-refractivity contribution in [3.05, 3.63) is 56.3 Å². The minimum atomic E-state index is -0.939. The molecule has 0 aromatic heterocycles. The lowest BCUT2D eigenvalue weighted by molar-refractivity contribution is -0.151. The van der Waals surface area contributed by atoms with Gasteiger partial charge in [-0.1, -0.05) is 36.2 Å². The van der Waals surface area contributed by atoms with Crippen LogP contribution in [0.3, 0.4) is 0 Å². The Morgan fingerprint density at radius 3 is 2.45 bits per heavy atom. The third-order valence-corrected chi connectivity index (χ3v) is 7.55. The van der Waals surface area contributed by atoms with Crippen LogP contribution in [0.4, 0.5) is 0 Å². The van der Waals surface area contributed by atoms with E-state index in [1.54, 1.807) is 25.1 Å². The molecule has 176 valence electrons. The van der Waals surface area contributed by atoms with Gasteiger partial charge < -0.3 is 14.8 Å². The van der Waals surface area contributed by atoms with E-state index < -0.39 is 23.8 Å². The number of dihydropyridines is 1. The Hall–Kier alpha value is -2.31. The molecule has 0 radical (unpaired) electrons. The number of carbonyl (C=O) groups is 3. The van der Waals surface area contributed by atoms with Gasteiger partial charge in [-0.2, -0.15) is 0 Å². The summed E-state index contributed by atoms with van der Waals surface area (Å²) in [6, 6.07) is 5.06. The lowest BCUT2D eigenvalue weighted by atomic mass is 9.69. The number of carbonyl (C=O) groups excluding carboxylic acids is 3. The topological polar surface area (TPSA) is 81.7 Å². The highest BCUT2D eigenvalue weighted by molar-refractivity contribution is 6.42. The van der Waals surface area contributed by atoms with Crippen molar-refractivity contribution >= 4 is 40.9 Å². The van der Waals surface area contributed by atoms with Gasteiger partial charge in [0.2, 0.25) is 0 Å². The number of Topliss-reactive ketones (excluding diaryl/α,β-unsaturated/α-hetero) is 1. The minimum Gasteiger partial charge on any atom is -0.468 e. The third kappa shape index (κ3) is 4.43. The molecule has 1 saturated carbocycles. The van der Waals surface area contributed by atoms with E-state index in [0.717, 1.165) is 25.7 Å². The molecule has 4 rings (SSSR count). The number of rotatable bonds is 4. The normalized spacial score (nSPS) is 25.6. The molecule has 0 spiro atoms. The minimum absolute atomic E-state index is 0.132. The molecule has 0 saturated heterocycles. The van der Waals surface area contributed by atoms with Gasteiger partial charge in [-0.05, 0) is 62.6 Å². The SMILES string of the molecule is COC(=O)[C@@H]1C(=O)C2=C(C[C@@H]1C)NC(C)=C(C(=O)OC1CCCC1)[C@H]2c1ccc(Cl)c(Cl)c1. The van der Waals surface area contributed by atoms with Crippen molar-refractivity contribution in [2.45, 2.75) is 58.0 Å². The van der Waals surface area contributed by atoms with E-state index in [-0.39, 0.29) is 17.8 Å². The molecular weight excluding hydrogens is 465 g/mol. The number of benzene rings is 1. The number of nitrogens with one attached hydrogen (secondary N) is 1. The summed E-state index contributed by atoms with van der Waals surface area (Å²) >= 11 is 12.5. The highest BCUT2D eigenvalue weighted by atomic mass is 35.5. The van der Waals surface area contributed by atoms with Crippen molar-refractivity contribution in [1.82, 2.24) is 5.32 Å². The van der Waals surface area contributed by atoms with E-state index in [1.165, 1.54) is 7.11 Å². The number of hydrogen-bond acceptors (Lipinski definition) is 6. The number of ether oxygens (including phenoxy) is 2. The molecule has 0 unspecified atom stereocenters. The van der Waals surface area contributed by atoms with Crippen LogP contribution >= 0.6 is 23.2 Å². The van der Waals surface area contributed by atoms with Gasteiger partial charge in [0.25, 0.3) is 0 Å². The van der Waals surface area contributed by atoms with Crippen LogP contribution in [0.2, 0.25) is 10.0 Å². The average Bonchev–Trinajstić information content (AvgIpc) is 3.27. The zero-order valence-corrected chi connectivity index (χ0v) is 20.4. The van der Waals surface area contributed by atoms with Crippen molar-refractivity contribution in [3.63, 3.8) is 0 Å². The maximum absolute atomic E-state index is 13.7. The summed E-state index contributed by atoms with van der Waals surface area (Å²) in [5.41, 5.74) is 2.71. The first-order chi connectivity index (χ1) is 15.7. The first kappa shape index (κ1) is 23.8. The fourth-order valence-corrected chi connectivity index (χ4v) is 5.50. The summed E-state index contributed by atoms with van der Waals surface area (Å²) in [6.07, 6.45) is 4.05. The summed E-state index contributed by atoms with van der Waals surface area (Å²) in [5, 5.41) is 3.95. The second-order valence-electron chi connectivity index (χ2n) is 9.02. The number of halogens is 2. The predicted octanol–water partition coefficient (Wildman–Crippen LogP) is 5.09. The molecule has 1 heterocycles. The lowest BCUT2D eigenvalue weighted by Crippen LogP contribution is -2.43. The Bertz CT molecular complexity index is 1070. The smallest absolute Gasteiger partial charge is 0.337 e. The highest BCUT2D eigenvalue weighted by Gasteiger charge is 2.47. The monoisotopic (exact) mass is 491 g/mol. The molecular formula is C25H27Cl2NO5. The Kier molecular flexibility index (Phi) is 6.87. The zero-order chi connectivity index (χ0) is 23.9. The van der Waals surface area contributed by atoms with Gasteiger partial charge in [-0.15, -0.1) is 0 Å². The summed E-state index contributed by atoms with van der Waals surface area (Å²) in [4.78, 5) is 39.6. The van der Waals surface area contributed by atoms with Crippen LogP contribution in [0, 0.1) is 11.8 Å². The maximum atomic E-state index is 13.7. The summed E-state index contributed by atoms with van der Waals surface area (Å²) in [6.45, 7) is 3.66. The van der Waals surface area contributed by atoms with E-state index in [2.05, 4.69) is 5.32 Å². The van der Waals surface area contributed by atoms with Crippen LogP contribution in [-0.2, 0) is 23.9 Å². The molecule has 1 aliphatic heterocycles. The molecule has 2 aliphatic carbocycles. The quantitative estimate of drug-likeness (QED) is 0.466. The molecule has 1 fully saturated rings. The number of hydrogen-bond donors (Lipinski definition) is 1. The average molecular weight is 492 g/mol. The molecule has 33 heavy (non-hydrogen) atoms. The van der Waals surface area contributed by atoms with E-state index in [9.17, 15) is 14.4 Å². The number of ketones is 1. The summed E-state index contributed by atoms with van der Waals surface area (Å²) in [7, 11) is 1.27. The van der Waals surface area contributed by atoms with Crippen LogP contribution in [0.1, 0.15) is 57.4 Å². The molecule has 0 amide bonds. The zero-order valence-electron chi connectivity index (χ0n) is 18.9. The van der Waals surface area contributed by atoms with Crippen LogP contribution < -0.4 is 5.32 Å². The van der Waals surface area contributed by atoms with Crippen LogP contribution in [0.5, 0.6) is 0 Å². The van der Waals surface area contributed by atoms with Gasteiger partial charge in [0.05, 0.1) is 22.7 Å². The van der Waals surface area contributed by atoms with Crippen molar-refractivity contribution in [2.24, 2.45) is 11.8 Å². The first-order valence-electron chi connectivity index (χ1n) is 11.2. The Morgan fingerprint density at radius 1 is 1.12 bits per heavy atom. The van der Waals surface area contributed by atoms with Gasteiger partial charge in [0.1, 0.15) is 12.0 Å². The van der Waals surface area contributed by atoms with Gasteiger partial charge in [0.15, 0.2) is 5.78 Å². The molecule has 3 atom stereocenters. The van der Waals surface area contributed by atoms with E-state index in [0.29, 0.717) is 44.6 Å². The molecule has 8 heteroatoms. The second-order valence-corrected chi connectivity index (χ2v) is 9.84. The standard InChI is InChI=1S/C25H27Cl2NO5/c1-12-10-18-22(23(29)19(12)24(30)32-3)21(14-8-9-16(26)17(27)11-14)20(13(2)28-18)25(31)33-15-6-4-5-7-15/h8-9,11-12,15,19,21,28H,4-7,10H2,1-3H3/t12-,19-,21+/m0/s1. The molecule has 1 aromatic rings. The third-order valence-electron chi connectivity index (χ3n) is 6.82. The Labute approximate surface area is 203 Å². The van der Waals surface area contributed by atoms with Gasteiger partial charge in [-0.25, -0.2) is 4.79 Å². The van der Waals surface area contributed by atoms with Crippen LogP contribution in [0.25, 0.3) is 0 Å². The van der Waals surface area contributed by atoms with Gasteiger partial charge >= 0.3 is 11.9 Å². The lowest BCUT2D eigenvalue weighted by Gasteiger charge is -2.38. The van der Waals surface area contributed by atoms with E-state index >= 15 is 0 Å². The fourth-order valence-electron chi connectivity index (χ4n) is 5.20. The molecule has 0 bridgehead atoms. The van der Waals surface area contributed by atoms with Crippen molar-refractivity contribution < 1.29 is 23.9 Å². The molecule has 6 nitrogen and oxygen atoms in total. The van der Waals surface area contributed by atoms with Crippen molar-refractivity contribution in [2.75, 3.05) is 7.11 Å². The van der Waals surface area contributed by atoms with E-state index in [1.807, 2.05) is 6.92 Å². The fraction of sp³-hybridized carbons (Fsp3) is 0.480. The number of methoxy groups -OCH3 is 1. The number of esters is 2. The highest BCUT2D eigenvalue weighted by Crippen LogP contribution is 2.46. The van der Waals surface area contributed by atoms with E-state index in [4.69, 9.17) is 32.7 Å². The Morgan fingerprint density at radius 2 is 1.82 bits per heavy atom. The van der Waals surface area contributed by atoms with Crippen molar-refractivity contribution in [1.29, 1.82) is 0 Å². The number of allylic oxidation sites excluding steroid dienone is 3. The predicted molar refractivity (Wildman–Crippen MR) is 125 cm³/mol. The summed E-state index contributed by atoms with van der Waals surface area (Å²) in [5.74, 6) is -3.30. The first-order valence-corrected chi connectivity index (χ1v) is 12.0. The molecule has 1 aromatic carbocycles. The van der Waals surface area contributed by atoms with Crippen LogP contribution in [0.15, 0.2) is 40.7 Å². The molecule has 3 aliphatic rings. The maximum Gasteiger partial charge on any atom is 0.337 e. The Balaban J connectivity index is 1.82. The molecule has 1 N–H and O–H groups in total. The van der Waals surface area contributed by atoms with Gasteiger partial charge in [-0.3, -0.25) is 9.59 Å². The van der Waals surface area contributed by atoms with Crippen molar-refractivity contribution in [3.8, 4) is 0 Å². The van der Waals surface area contributed by atoms with Crippen LogP contribution in [-0.4, -0.2) is 30.9 Å². The largest absolute Gasteiger partial charge is 0.468 e. The summed E-state index contributed by atoms with van der Waals surface area (Å²) < 4.78 is 10.8.